The number of rotatable bonds is 10. The van der Waals surface area contributed by atoms with Crippen LogP contribution < -0.4 is 0 Å². The Morgan fingerprint density at radius 3 is 1.69 bits per heavy atom. The highest BCUT2D eigenvalue weighted by Gasteiger charge is 1.91. The lowest BCUT2D eigenvalue weighted by Gasteiger charge is -2.00. The highest BCUT2D eigenvalue weighted by molar-refractivity contribution is 7.98. The zero-order chi connectivity index (χ0) is 9.78. The minimum atomic E-state index is 1.12. The minimum absolute atomic E-state index is 1.12. The molecular formula is C12H25S. The average molecular weight is 201 g/mol. The van der Waals surface area contributed by atoms with Crippen molar-refractivity contribution in [3.8, 4) is 0 Å². The summed E-state index contributed by atoms with van der Waals surface area (Å²) in [6.45, 7) is 3.85. The molecule has 0 spiro atoms. The maximum Gasteiger partial charge on any atom is -0.00703 e. The van der Waals surface area contributed by atoms with E-state index in [4.69, 9.17) is 0 Å². The SMILES string of the molecule is [CH2]CCCCCCCCCCSC. The second kappa shape index (κ2) is 12.3. The van der Waals surface area contributed by atoms with Gasteiger partial charge in [0.15, 0.2) is 0 Å². The predicted molar refractivity (Wildman–Crippen MR) is 65.3 cm³/mol. The van der Waals surface area contributed by atoms with Crippen LogP contribution in [0.3, 0.4) is 0 Å². The molecule has 0 fully saturated rings. The third kappa shape index (κ3) is 12.4. The van der Waals surface area contributed by atoms with Crippen molar-refractivity contribution in [2.45, 2.75) is 57.8 Å². The topological polar surface area (TPSA) is 0 Å². The van der Waals surface area contributed by atoms with Crippen LogP contribution in [0, 0.1) is 6.92 Å². The molecule has 0 saturated carbocycles. The van der Waals surface area contributed by atoms with Crippen molar-refractivity contribution < 1.29 is 0 Å². The summed E-state index contributed by atoms with van der Waals surface area (Å²) in [6, 6.07) is 0. The third-order valence-corrected chi connectivity index (χ3v) is 3.05. The molecule has 0 saturated heterocycles. The van der Waals surface area contributed by atoms with Crippen LogP contribution in [0.5, 0.6) is 0 Å². The molecule has 0 aromatic carbocycles. The quantitative estimate of drug-likeness (QED) is 0.462. The zero-order valence-electron chi connectivity index (χ0n) is 9.19. The summed E-state index contributed by atoms with van der Waals surface area (Å²) in [7, 11) is 0. The van der Waals surface area contributed by atoms with Crippen molar-refractivity contribution in [3.05, 3.63) is 6.92 Å². The molecule has 0 aliphatic rings. The van der Waals surface area contributed by atoms with Gasteiger partial charge < -0.3 is 0 Å². The van der Waals surface area contributed by atoms with E-state index in [1.54, 1.807) is 0 Å². The molecule has 1 heteroatoms. The maximum absolute atomic E-state index is 3.85. The largest absolute Gasteiger partial charge is 0.165 e. The molecule has 0 amide bonds. The van der Waals surface area contributed by atoms with Crippen molar-refractivity contribution in [2.75, 3.05) is 12.0 Å². The highest BCUT2D eigenvalue weighted by atomic mass is 32.2. The summed E-state index contributed by atoms with van der Waals surface area (Å²) in [5.41, 5.74) is 0. The summed E-state index contributed by atoms with van der Waals surface area (Å²) in [5, 5.41) is 0. The van der Waals surface area contributed by atoms with E-state index in [1.807, 2.05) is 11.8 Å². The highest BCUT2D eigenvalue weighted by Crippen LogP contribution is 2.10. The molecule has 0 N–H and O–H groups in total. The molecular weight excluding hydrogens is 176 g/mol. The Bertz CT molecular complexity index is 71.2. The van der Waals surface area contributed by atoms with Gasteiger partial charge in [0.05, 0.1) is 0 Å². The van der Waals surface area contributed by atoms with Gasteiger partial charge in [-0.2, -0.15) is 11.8 Å². The van der Waals surface area contributed by atoms with Gasteiger partial charge >= 0.3 is 0 Å². The van der Waals surface area contributed by atoms with Crippen molar-refractivity contribution >= 4 is 11.8 Å². The van der Waals surface area contributed by atoms with Crippen LogP contribution in [-0.2, 0) is 0 Å². The fourth-order valence-electron chi connectivity index (χ4n) is 1.48. The first kappa shape index (κ1) is 13.4. The Labute approximate surface area is 88.9 Å². The lowest BCUT2D eigenvalue weighted by Crippen LogP contribution is -1.82. The number of hydrogen-bond acceptors (Lipinski definition) is 1. The van der Waals surface area contributed by atoms with Gasteiger partial charge in [-0.15, -0.1) is 0 Å². The third-order valence-electron chi connectivity index (χ3n) is 2.35. The molecule has 0 unspecified atom stereocenters. The molecule has 0 aliphatic carbocycles. The first-order valence-corrected chi connectivity index (χ1v) is 7.09. The van der Waals surface area contributed by atoms with E-state index in [2.05, 4.69) is 13.2 Å². The van der Waals surface area contributed by atoms with E-state index >= 15 is 0 Å². The van der Waals surface area contributed by atoms with Crippen molar-refractivity contribution in [1.29, 1.82) is 0 Å². The van der Waals surface area contributed by atoms with Gasteiger partial charge in [0.2, 0.25) is 0 Å². The number of unbranched alkanes of at least 4 members (excludes halogenated alkanes) is 8. The molecule has 1 radical (unpaired) electrons. The molecule has 0 atom stereocenters. The summed E-state index contributed by atoms with van der Waals surface area (Å²) >= 11 is 1.97. The van der Waals surface area contributed by atoms with Crippen LogP contribution in [0.4, 0.5) is 0 Å². The van der Waals surface area contributed by atoms with Gasteiger partial charge in [-0.1, -0.05) is 58.3 Å². The molecule has 0 rings (SSSR count). The van der Waals surface area contributed by atoms with E-state index < -0.39 is 0 Å². The molecule has 0 heterocycles. The monoisotopic (exact) mass is 201 g/mol. The Morgan fingerprint density at radius 1 is 0.769 bits per heavy atom. The molecule has 13 heavy (non-hydrogen) atoms. The molecule has 0 nitrogen and oxygen atoms in total. The van der Waals surface area contributed by atoms with Crippen molar-refractivity contribution in [2.24, 2.45) is 0 Å². The lowest BCUT2D eigenvalue weighted by atomic mass is 10.1. The standard InChI is InChI=1S/C12H25S/c1-3-4-5-6-7-8-9-10-11-12-13-2/h1,3-12H2,2H3. The summed E-state index contributed by atoms with van der Waals surface area (Å²) in [4.78, 5) is 0. The van der Waals surface area contributed by atoms with Gasteiger partial charge in [-0.05, 0) is 18.4 Å². The summed E-state index contributed by atoms with van der Waals surface area (Å²) in [5.74, 6) is 1.35. The fourth-order valence-corrected chi connectivity index (χ4v) is 1.98. The fraction of sp³-hybridized carbons (Fsp3) is 0.917. The molecule has 0 aliphatic heterocycles. The Balaban J connectivity index is 2.76. The van der Waals surface area contributed by atoms with E-state index in [1.165, 1.54) is 57.1 Å². The molecule has 0 aromatic rings. The van der Waals surface area contributed by atoms with Crippen LogP contribution in [0.1, 0.15) is 57.8 Å². The van der Waals surface area contributed by atoms with Crippen LogP contribution in [0.15, 0.2) is 0 Å². The molecule has 0 aromatic heterocycles. The Kier molecular flexibility index (Phi) is 12.7. The van der Waals surface area contributed by atoms with E-state index in [9.17, 15) is 0 Å². The first-order chi connectivity index (χ1) is 6.41. The van der Waals surface area contributed by atoms with Gasteiger partial charge in [0, 0.05) is 0 Å². The van der Waals surface area contributed by atoms with Gasteiger partial charge in [0.1, 0.15) is 0 Å². The summed E-state index contributed by atoms with van der Waals surface area (Å²) < 4.78 is 0. The first-order valence-electron chi connectivity index (χ1n) is 5.70. The number of hydrogen-bond donors (Lipinski definition) is 0. The number of thioether (sulfide) groups is 1. The van der Waals surface area contributed by atoms with Crippen LogP contribution in [0.25, 0.3) is 0 Å². The second-order valence-corrected chi connectivity index (χ2v) is 4.66. The molecule has 0 bridgehead atoms. The van der Waals surface area contributed by atoms with E-state index in [0.717, 1.165) is 6.42 Å². The molecule has 79 valence electrons. The van der Waals surface area contributed by atoms with Gasteiger partial charge in [-0.3, -0.25) is 0 Å². The Hall–Kier alpha value is 0.350. The summed E-state index contributed by atoms with van der Waals surface area (Å²) in [6.07, 6.45) is 14.7. The second-order valence-electron chi connectivity index (χ2n) is 3.67. The van der Waals surface area contributed by atoms with Gasteiger partial charge in [0.25, 0.3) is 0 Å². The van der Waals surface area contributed by atoms with Crippen molar-refractivity contribution in [1.82, 2.24) is 0 Å². The van der Waals surface area contributed by atoms with Crippen molar-refractivity contribution in [3.63, 3.8) is 0 Å². The van der Waals surface area contributed by atoms with Crippen LogP contribution in [-0.4, -0.2) is 12.0 Å². The van der Waals surface area contributed by atoms with E-state index in [-0.39, 0.29) is 0 Å². The van der Waals surface area contributed by atoms with Crippen LogP contribution in [0.2, 0.25) is 0 Å². The van der Waals surface area contributed by atoms with Gasteiger partial charge in [-0.25, -0.2) is 0 Å². The predicted octanol–water partition coefficient (Wildman–Crippen LogP) is 4.69. The smallest absolute Gasteiger partial charge is 0.00703 e. The zero-order valence-corrected chi connectivity index (χ0v) is 10.0. The Morgan fingerprint density at radius 2 is 1.23 bits per heavy atom. The lowest BCUT2D eigenvalue weighted by molar-refractivity contribution is 0.578. The average Bonchev–Trinajstić information content (AvgIpc) is 2.16. The van der Waals surface area contributed by atoms with E-state index in [0.29, 0.717) is 0 Å². The van der Waals surface area contributed by atoms with Crippen LogP contribution >= 0.6 is 11.8 Å². The minimum Gasteiger partial charge on any atom is -0.165 e. The normalized spacial score (nSPS) is 10.6. The maximum atomic E-state index is 3.85.